The highest BCUT2D eigenvalue weighted by Gasteiger charge is 2.34. The zero-order chi connectivity index (χ0) is 18.8. The highest BCUT2D eigenvalue weighted by molar-refractivity contribution is 7.12. The van der Waals surface area contributed by atoms with Crippen LogP contribution in [0.4, 0.5) is 0 Å². The molecule has 0 radical (unpaired) electrons. The van der Waals surface area contributed by atoms with E-state index in [9.17, 15) is 4.79 Å². The van der Waals surface area contributed by atoms with E-state index in [1.165, 1.54) is 16.9 Å². The number of thiophene rings is 1. The third-order valence-corrected chi connectivity index (χ3v) is 5.99. The van der Waals surface area contributed by atoms with Gasteiger partial charge in [0.15, 0.2) is 0 Å². The average molecular weight is 382 g/mol. The molecule has 1 amide bonds. The van der Waals surface area contributed by atoms with Crippen molar-refractivity contribution < 1.29 is 9.53 Å². The van der Waals surface area contributed by atoms with Gasteiger partial charge in [-0.15, -0.1) is 11.3 Å². The smallest absolute Gasteiger partial charge is 0.264 e. The second-order valence-corrected chi connectivity index (χ2v) is 7.77. The highest BCUT2D eigenvalue weighted by Crippen LogP contribution is 2.34. The number of amides is 1. The highest BCUT2D eigenvalue weighted by atomic mass is 32.1. The van der Waals surface area contributed by atoms with Crippen LogP contribution in [-0.4, -0.2) is 34.0 Å². The van der Waals surface area contributed by atoms with E-state index in [1.54, 1.807) is 7.11 Å². The number of carbonyl (C=O) groups is 1. The number of nitrogens with zero attached hydrogens (tertiary/aromatic N) is 3. The maximum Gasteiger partial charge on any atom is 0.264 e. The van der Waals surface area contributed by atoms with Crippen molar-refractivity contribution in [1.29, 1.82) is 0 Å². The van der Waals surface area contributed by atoms with Gasteiger partial charge < -0.3 is 14.2 Å². The Labute approximate surface area is 163 Å². The van der Waals surface area contributed by atoms with E-state index in [2.05, 4.69) is 28.6 Å². The van der Waals surface area contributed by atoms with Gasteiger partial charge >= 0.3 is 0 Å². The fourth-order valence-electron chi connectivity index (χ4n) is 3.68. The Kier molecular flexibility index (Phi) is 4.99. The lowest BCUT2D eigenvalue weighted by atomic mass is 10.1. The molecule has 140 valence electrons. The minimum atomic E-state index is 0.0338. The van der Waals surface area contributed by atoms with Crippen molar-refractivity contribution in [3.63, 3.8) is 0 Å². The number of methoxy groups -OCH3 is 1. The molecule has 4 rings (SSSR count). The van der Waals surface area contributed by atoms with Gasteiger partial charge in [0.2, 0.25) is 0 Å². The van der Waals surface area contributed by atoms with Gasteiger partial charge in [-0.25, -0.2) is 4.98 Å². The van der Waals surface area contributed by atoms with E-state index in [1.807, 2.05) is 40.7 Å². The number of likely N-dealkylation sites (tertiary alicyclic amines) is 1. The molecular weight excluding hydrogens is 358 g/mol. The fourth-order valence-corrected chi connectivity index (χ4v) is 4.36. The van der Waals surface area contributed by atoms with Gasteiger partial charge in [0.05, 0.1) is 18.0 Å². The molecule has 1 fully saturated rings. The van der Waals surface area contributed by atoms with Crippen molar-refractivity contribution in [2.75, 3.05) is 13.7 Å². The predicted molar refractivity (Wildman–Crippen MR) is 106 cm³/mol. The minimum Gasteiger partial charge on any atom is -0.497 e. The second-order valence-electron chi connectivity index (χ2n) is 6.83. The average Bonchev–Trinajstić information content (AvgIpc) is 3.44. The van der Waals surface area contributed by atoms with E-state index in [4.69, 9.17) is 4.74 Å². The molecule has 1 aromatic carbocycles. The first kappa shape index (κ1) is 17.8. The van der Waals surface area contributed by atoms with Gasteiger partial charge in [0, 0.05) is 25.0 Å². The quantitative estimate of drug-likeness (QED) is 0.662. The molecule has 1 aliphatic heterocycles. The molecule has 0 saturated carbocycles. The molecule has 0 bridgehead atoms. The van der Waals surface area contributed by atoms with Crippen molar-refractivity contribution >= 4 is 17.2 Å². The summed E-state index contributed by atoms with van der Waals surface area (Å²) in [5.41, 5.74) is 2.29. The van der Waals surface area contributed by atoms with Crippen LogP contribution in [0.25, 0.3) is 0 Å². The van der Waals surface area contributed by atoms with E-state index in [-0.39, 0.29) is 11.9 Å². The summed E-state index contributed by atoms with van der Waals surface area (Å²) >= 11 is 1.50. The van der Waals surface area contributed by atoms with E-state index in [0.717, 1.165) is 48.1 Å². The summed E-state index contributed by atoms with van der Waals surface area (Å²) in [4.78, 5) is 20.4. The summed E-state index contributed by atoms with van der Waals surface area (Å²) in [6.45, 7) is 3.60. The molecule has 0 aliphatic carbocycles. The van der Waals surface area contributed by atoms with Crippen molar-refractivity contribution in [2.45, 2.75) is 32.4 Å². The molecule has 1 saturated heterocycles. The number of rotatable bonds is 5. The van der Waals surface area contributed by atoms with Crippen LogP contribution in [0.2, 0.25) is 0 Å². The van der Waals surface area contributed by atoms with E-state index in [0.29, 0.717) is 0 Å². The van der Waals surface area contributed by atoms with Crippen LogP contribution >= 0.6 is 11.3 Å². The van der Waals surface area contributed by atoms with Crippen LogP contribution in [0.1, 0.15) is 45.6 Å². The zero-order valence-electron chi connectivity index (χ0n) is 15.6. The van der Waals surface area contributed by atoms with Crippen LogP contribution in [0, 0.1) is 6.92 Å². The Hall–Kier alpha value is -2.60. The fraction of sp³-hybridized carbons (Fsp3) is 0.333. The Morgan fingerprint density at radius 3 is 2.81 bits per heavy atom. The molecule has 2 aromatic heterocycles. The third kappa shape index (κ3) is 3.49. The van der Waals surface area contributed by atoms with Crippen molar-refractivity contribution in [2.24, 2.45) is 0 Å². The van der Waals surface area contributed by atoms with E-state index < -0.39 is 0 Å². The van der Waals surface area contributed by atoms with Gasteiger partial charge in [0.25, 0.3) is 5.91 Å². The number of hydrogen-bond donors (Lipinski definition) is 0. The Morgan fingerprint density at radius 1 is 1.30 bits per heavy atom. The number of benzene rings is 1. The number of hydrogen-bond acceptors (Lipinski definition) is 4. The van der Waals surface area contributed by atoms with E-state index >= 15 is 0 Å². The number of aryl methyl sites for hydroxylation is 1. The van der Waals surface area contributed by atoms with Gasteiger partial charge in [-0.3, -0.25) is 4.79 Å². The first-order chi connectivity index (χ1) is 13.2. The Bertz CT molecular complexity index is 916. The first-order valence-electron chi connectivity index (χ1n) is 9.17. The standard InChI is InChI=1S/C21H23N3O2S/c1-15-13-22-20(24(15)14-16-7-9-17(26-2)10-8-16)18-5-3-11-23(18)21(25)19-6-4-12-27-19/h4,6-10,12-13,18H,3,5,11,14H2,1-2H3. The van der Waals surface area contributed by atoms with Crippen LogP contribution in [0.5, 0.6) is 5.75 Å². The van der Waals surface area contributed by atoms with Crippen molar-refractivity contribution in [3.8, 4) is 5.75 Å². The van der Waals surface area contributed by atoms with Crippen LogP contribution < -0.4 is 4.74 Å². The van der Waals surface area contributed by atoms with Crippen molar-refractivity contribution in [1.82, 2.24) is 14.5 Å². The Balaban J connectivity index is 1.61. The maximum atomic E-state index is 12.9. The molecule has 1 atom stereocenters. The summed E-state index contributed by atoms with van der Waals surface area (Å²) in [5, 5.41) is 1.95. The lowest BCUT2D eigenvalue weighted by molar-refractivity contribution is 0.0732. The zero-order valence-corrected chi connectivity index (χ0v) is 16.4. The molecule has 1 aliphatic rings. The lowest BCUT2D eigenvalue weighted by Crippen LogP contribution is -2.31. The van der Waals surface area contributed by atoms with Gasteiger partial charge in [-0.2, -0.15) is 0 Å². The third-order valence-electron chi connectivity index (χ3n) is 5.13. The van der Waals surface area contributed by atoms with Crippen LogP contribution in [0.15, 0.2) is 48.0 Å². The van der Waals surface area contributed by atoms with Crippen LogP contribution in [-0.2, 0) is 6.54 Å². The normalized spacial score (nSPS) is 16.7. The molecule has 0 N–H and O–H groups in total. The molecule has 27 heavy (non-hydrogen) atoms. The summed E-state index contributed by atoms with van der Waals surface area (Å²) in [6.07, 6.45) is 3.87. The molecule has 0 spiro atoms. The maximum absolute atomic E-state index is 12.9. The summed E-state index contributed by atoms with van der Waals surface area (Å²) in [5.74, 6) is 1.94. The lowest BCUT2D eigenvalue weighted by Gasteiger charge is -2.25. The molecule has 6 heteroatoms. The molecule has 1 unspecified atom stereocenters. The molecular formula is C21H23N3O2S. The summed E-state index contributed by atoms with van der Waals surface area (Å²) < 4.78 is 7.48. The largest absolute Gasteiger partial charge is 0.497 e. The van der Waals surface area contributed by atoms with Gasteiger partial charge in [0.1, 0.15) is 11.6 Å². The van der Waals surface area contributed by atoms with Crippen LogP contribution in [0.3, 0.4) is 0 Å². The van der Waals surface area contributed by atoms with Gasteiger partial charge in [-0.1, -0.05) is 18.2 Å². The minimum absolute atomic E-state index is 0.0338. The SMILES string of the molecule is COc1ccc(Cn2c(C)cnc2C2CCCN2C(=O)c2cccs2)cc1. The number of aromatic nitrogens is 2. The molecule has 3 heterocycles. The number of ether oxygens (including phenoxy) is 1. The number of imidazole rings is 1. The second kappa shape index (κ2) is 7.56. The number of carbonyl (C=O) groups excluding carboxylic acids is 1. The summed E-state index contributed by atoms with van der Waals surface area (Å²) in [6, 6.07) is 12.0. The van der Waals surface area contributed by atoms with Gasteiger partial charge in [-0.05, 0) is 48.9 Å². The first-order valence-corrected chi connectivity index (χ1v) is 10.0. The monoisotopic (exact) mass is 381 g/mol. The predicted octanol–water partition coefficient (Wildman–Crippen LogP) is 4.29. The Morgan fingerprint density at radius 2 is 2.11 bits per heavy atom. The van der Waals surface area contributed by atoms with Crippen molar-refractivity contribution in [3.05, 3.63) is 69.9 Å². The topological polar surface area (TPSA) is 47.4 Å². The summed E-state index contributed by atoms with van der Waals surface area (Å²) in [7, 11) is 1.67. The molecule has 5 nitrogen and oxygen atoms in total. The molecule has 3 aromatic rings.